The number of carbonyl (C=O) groups excluding carboxylic acids is 1. The number of piperidine rings is 1. The molecule has 128 valence electrons. The highest BCUT2D eigenvalue weighted by Gasteiger charge is 2.27. The first-order chi connectivity index (χ1) is 12.2. The highest BCUT2D eigenvalue weighted by Crippen LogP contribution is 2.32. The number of amidine groups is 1. The first-order valence-corrected chi connectivity index (χ1v) is 9.88. The van der Waals surface area contributed by atoms with Crippen LogP contribution in [0.2, 0.25) is 0 Å². The lowest BCUT2D eigenvalue weighted by Gasteiger charge is -2.27. The Balaban J connectivity index is 1.50. The predicted octanol–water partition coefficient (Wildman–Crippen LogP) is 4.41. The third-order valence-corrected chi connectivity index (χ3v) is 6.08. The standard InChI is InChI=1S/C18H16FN3OS2/c19-13-6-4-12(5-7-13)17-20-14(11-24-17)10-15-16(23)21-18(25-15)22-8-2-1-3-9-22/h4-7,10-11H,1-3,8-9H2/b15-10-. The molecule has 0 bridgehead atoms. The smallest absolute Gasteiger partial charge is 0.286 e. The van der Waals surface area contributed by atoms with Crippen LogP contribution in [0.25, 0.3) is 16.6 Å². The van der Waals surface area contributed by atoms with Crippen LogP contribution in [0.3, 0.4) is 0 Å². The van der Waals surface area contributed by atoms with Crippen LogP contribution in [0.4, 0.5) is 4.39 Å². The zero-order chi connectivity index (χ0) is 17.2. The van der Waals surface area contributed by atoms with Crippen molar-refractivity contribution >= 4 is 40.2 Å². The lowest BCUT2D eigenvalue weighted by molar-refractivity contribution is -0.113. The molecule has 0 atom stereocenters. The first-order valence-electron chi connectivity index (χ1n) is 8.18. The second-order valence-electron chi connectivity index (χ2n) is 5.94. The van der Waals surface area contributed by atoms with E-state index in [9.17, 15) is 9.18 Å². The number of thioether (sulfide) groups is 1. The van der Waals surface area contributed by atoms with Gasteiger partial charge in [0.25, 0.3) is 5.91 Å². The number of likely N-dealkylation sites (tertiary alicyclic amines) is 1. The van der Waals surface area contributed by atoms with Crippen LogP contribution in [0.5, 0.6) is 0 Å². The molecule has 1 saturated heterocycles. The van der Waals surface area contributed by atoms with Gasteiger partial charge in [-0.3, -0.25) is 4.79 Å². The fraction of sp³-hybridized carbons (Fsp3) is 0.278. The van der Waals surface area contributed by atoms with Gasteiger partial charge in [-0.05, 0) is 61.4 Å². The fourth-order valence-electron chi connectivity index (χ4n) is 2.83. The van der Waals surface area contributed by atoms with Gasteiger partial charge < -0.3 is 4.90 Å². The van der Waals surface area contributed by atoms with Crippen molar-refractivity contribution < 1.29 is 9.18 Å². The summed E-state index contributed by atoms with van der Waals surface area (Å²) in [6.07, 6.45) is 5.34. The van der Waals surface area contributed by atoms with E-state index in [0.717, 1.165) is 47.4 Å². The maximum atomic E-state index is 13.0. The predicted molar refractivity (Wildman–Crippen MR) is 101 cm³/mol. The summed E-state index contributed by atoms with van der Waals surface area (Å²) in [4.78, 5) is 23.7. The third kappa shape index (κ3) is 3.67. The zero-order valence-electron chi connectivity index (χ0n) is 13.4. The Kier molecular flexibility index (Phi) is 4.67. The normalized spacial score (nSPS) is 19.6. The molecule has 1 aromatic carbocycles. The number of aromatic nitrogens is 1. The maximum absolute atomic E-state index is 13.0. The molecule has 2 aliphatic heterocycles. The summed E-state index contributed by atoms with van der Waals surface area (Å²) in [5.74, 6) is -0.458. The molecule has 2 aliphatic rings. The number of hydrogen-bond acceptors (Lipinski definition) is 5. The molecule has 25 heavy (non-hydrogen) atoms. The molecule has 0 N–H and O–H groups in total. The van der Waals surface area contributed by atoms with E-state index in [1.807, 2.05) is 5.38 Å². The van der Waals surface area contributed by atoms with E-state index >= 15 is 0 Å². The molecule has 0 unspecified atom stereocenters. The summed E-state index contributed by atoms with van der Waals surface area (Å²) >= 11 is 2.91. The Bertz CT molecular complexity index is 851. The van der Waals surface area contributed by atoms with E-state index in [-0.39, 0.29) is 11.7 Å². The van der Waals surface area contributed by atoms with Gasteiger partial charge in [0.05, 0.1) is 10.6 Å². The summed E-state index contributed by atoms with van der Waals surface area (Å²) in [5.41, 5.74) is 1.60. The number of hydrogen-bond donors (Lipinski definition) is 0. The Hall–Kier alpha value is -1.99. The Morgan fingerprint density at radius 1 is 1.12 bits per heavy atom. The van der Waals surface area contributed by atoms with E-state index in [4.69, 9.17) is 0 Å². The van der Waals surface area contributed by atoms with Crippen molar-refractivity contribution in [1.29, 1.82) is 0 Å². The Morgan fingerprint density at radius 2 is 1.88 bits per heavy atom. The van der Waals surface area contributed by atoms with Crippen molar-refractivity contribution in [3.63, 3.8) is 0 Å². The largest absolute Gasteiger partial charge is 0.351 e. The second-order valence-corrected chi connectivity index (χ2v) is 7.81. The zero-order valence-corrected chi connectivity index (χ0v) is 15.1. The molecule has 0 spiro atoms. The average Bonchev–Trinajstić information content (AvgIpc) is 3.24. The minimum Gasteiger partial charge on any atom is -0.351 e. The van der Waals surface area contributed by atoms with E-state index < -0.39 is 0 Å². The van der Waals surface area contributed by atoms with Crippen LogP contribution in [0.15, 0.2) is 39.5 Å². The number of nitrogens with zero attached hydrogens (tertiary/aromatic N) is 3. The van der Waals surface area contributed by atoms with Crippen LogP contribution in [0.1, 0.15) is 25.0 Å². The van der Waals surface area contributed by atoms with E-state index in [1.54, 1.807) is 18.2 Å². The monoisotopic (exact) mass is 373 g/mol. The summed E-state index contributed by atoms with van der Waals surface area (Å²) in [5, 5.41) is 3.52. The summed E-state index contributed by atoms with van der Waals surface area (Å²) < 4.78 is 13.0. The van der Waals surface area contributed by atoms with E-state index in [2.05, 4.69) is 14.9 Å². The lowest BCUT2D eigenvalue weighted by Crippen LogP contribution is -2.33. The van der Waals surface area contributed by atoms with Gasteiger partial charge in [-0.2, -0.15) is 4.99 Å². The number of thiazole rings is 1. The molecule has 0 radical (unpaired) electrons. The van der Waals surface area contributed by atoms with Crippen LogP contribution >= 0.6 is 23.1 Å². The van der Waals surface area contributed by atoms with Gasteiger partial charge in [0, 0.05) is 24.0 Å². The number of benzene rings is 1. The molecular formula is C18H16FN3OS2. The number of halogens is 1. The molecular weight excluding hydrogens is 357 g/mol. The molecule has 0 aliphatic carbocycles. The molecule has 7 heteroatoms. The summed E-state index contributed by atoms with van der Waals surface area (Å²) in [6.45, 7) is 1.94. The molecule has 4 nitrogen and oxygen atoms in total. The minimum absolute atomic E-state index is 0.193. The minimum atomic E-state index is -0.266. The van der Waals surface area contributed by atoms with Gasteiger partial charge in [-0.1, -0.05) is 0 Å². The highest BCUT2D eigenvalue weighted by molar-refractivity contribution is 8.18. The Morgan fingerprint density at radius 3 is 2.64 bits per heavy atom. The molecule has 4 rings (SSSR count). The number of aliphatic imine (C=N–C) groups is 1. The number of amides is 1. The lowest BCUT2D eigenvalue weighted by atomic mass is 10.1. The van der Waals surface area contributed by atoms with Crippen LogP contribution in [0, 0.1) is 5.82 Å². The molecule has 0 saturated carbocycles. The van der Waals surface area contributed by atoms with Gasteiger partial charge in [-0.25, -0.2) is 9.37 Å². The summed E-state index contributed by atoms with van der Waals surface area (Å²) in [6, 6.07) is 6.25. The molecule has 1 amide bonds. The molecule has 1 fully saturated rings. The van der Waals surface area contributed by atoms with Crippen LogP contribution in [-0.2, 0) is 4.79 Å². The second kappa shape index (κ2) is 7.09. The Labute approximate surface area is 153 Å². The van der Waals surface area contributed by atoms with Crippen LogP contribution in [-0.4, -0.2) is 34.0 Å². The van der Waals surface area contributed by atoms with Crippen molar-refractivity contribution in [2.45, 2.75) is 19.3 Å². The van der Waals surface area contributed by atoms with Crippen molar-refractivity contribution in [3.05, 3.63) is 46.1 Å². The van der Waals surface area contributed by atoms with Gasteiger partial charge in [-0.15, -0.1) is 11.3 Å². The van der Waals surface area contributed by atoms with Gasteiger partial charge in [0.1, 0.15) is 10.8 Å². The van der Waals surface area contributed by atoms with E-state index in [0.29, 0.717) is 4.91 Å². The van der Waals surface area contributed by atoms with Gasteiger partial charge in [0.2, 0.25) is 0 Å². The quantitative estimate of drug-likeness (QED) is 0.732. The fourth-order valence-corrected chi connectivity index (χ4v) is 4.56. The van der Waals surface area contributed by atoms with Gasteiger partial charge in [0.15, 0.2) is 5.17 Å². The summed E-state index contributed by atoms with van der Waals surface area (Å²) in [7, 11) is 0. The number of rotatable bonds is 2. The molecule has 1 aromatic heterocycles. The number of carbonyl (C=O) groups is 1. The first kappa shape index (κ1) is 16.5. The molecule has 3 heterocycles. The maximum Gasteiger partial charge on any atom is 0.286 e. The average molecular weight is 373 g/mol. The van der Waals surface area contributed by atoms with Gasteiger partial charge >= 0.3 is 0 Å². The van der Waals surface area contributed by atoms with Crippen LogP contribution < -0.4 is 0 Å². The van der Waals surface area contributed by atoms with Crippen molar-refractivity contribution in [1.82, 2.24) is 9.88 Å². The van der Waals surface area contributed by atoms with E-state index in [1.165, 1.54) is 41.7 Å². The SMILES string of the molecule is O=C1N=C(N2CCCCC2)S/C1=C\c1csc(-c2ccc(F)cc2)n1. The van der Waals surface area contributed by atoms with Crippen molar-refractivity contribution in [3.8, 4) is 10.6 Å². The van der Waals surface area contributed by atoms with Crippen molar-refractivity contribution in [2.75, 3.05) is 13.1 Å². The topological polar surface area (TPSA) is 45.6 Å². The molecule has 2 aromatic rings. The third-order valence-electron chi connectivity index (χ3n) is 4.13. The highest BCUT2D eigenvalue weighted by atomic mass is 32.2. The van der Waals surface area contributed by atoms with Crippen molar-refractivity contribution in [2.24, 2.45) is 4.99 Å².